The van der Waals surface area contributed by atoms with Crippen LogP contribution in [0.5, 0.6) is 11.5 Å². The van der Waals surface area contributed by atoms with Gasteiger partial charge in [-0.05, 0) is 62.2 Å². The Kier molecular flexibility index (Phi) is 8.84. The molecule has 0 spiro atoms. The minimum Gasteiger partial charge on any atom is -0.507 e. The largest absolute Gasteiger partial charge is 0.507 e. The van der Waals surface area contributed by atoms with Gasteiger partial charge in [-0.2, -0.15) is 0 Å². The van der Waals surface area contributed by atoms with Crippen LogP contribution in [0, 0.1) is 0 Å². The maximum absolute atomic E-state index is 13.3. The fourth-order valence-corrected chi connectivity index (χ4v) is 4.62. The van der Waals surface area contributed by atoms with Crippen LogP contribution in [0.4, 0.5) is 0 Å². The molecule has 0 unspecified atom stereocenters. The molecule has 0 aliphatic carbocycles. The number of Topliss-reactive ketones (excluding diaryl/α,β-unsaturated/α-hetero) is 1. The molecule has 2 aromatic rings. The smallest absolute Gasteiger partial charge is 0.295 e. The molecule has 2 fully saturated rings. The monoisotopic (exact) mass is 508 g/mol. The number of morpholine rings is 1. The van der Waals surface area contributed by atoms with Gasteiger partial charge in [0.25, 0.3) is 11.7 Å². The topological polar surface area (TPSA) is 88.5 Å². The molecule has 8 nitrogen and oxygen atoms in total. The Balaban J connectivity index is 1.68. The van der Waals surface area contributed by atoms with E-state index in [1.165, 1.54) is 0 Å². The van der Waals surface area contributed by atoms with Gasteiger partial charge in [-0.1, -0.05) is 19.1 Å². The highest BCUT2D eigenvalue weighted by Gasteiger charge is 2.46. The molecule has 0 aromatic heterocycles. The molecule has 1 atom stereocenters. The normalized spacial score (nSPS) is 20.0. The molecule has 8 heteroatoms. The zero-order valence-corrected chi connectivity index (χ0v) is 21.8. The maximum atomic E-state index is 13.3. The Labute approximate surface area is 218 Å². The van der Waals surface area contributed by atoms with Crippen molar-refractivity contribution in [3.8, 4) is 11.5 Å². The highest BCUT2D eigenvalue weighted by atomic mass is 16.5. The van der Waals surface area contributed by atoms with Gasteiger partial charge in [0.2, 0.25) is 0 Å². The highest BCUT2D eigenvalue weighted by Crippen LogP contribution is 2.40. The van der Waals surface area contributed by atoms with Gasteiger partial charge in [-0.15, -0.1) is 0 Å². The summed E-state index contributed by atoms with van der Waals surface area (Å²) in [6, 6.07) is 13.6. The second kappa shape index (κ2) is 12.3. The van der Waals surface area contributed by atoms with Crippen molar-refractivity contribution in [3.63, 3.8) is 0 Å². The third-order valence-corrected chi connectivity index (χ3v) is 6.47. The molecular formula is C29H36N2O6. The van der Waals surface area contributed by atoms with Crippen molar-refractivity contribution < 1.29 is 28.9 Å². The fraction of sp³-hybridized carbons (Fsp3) is 0.448. The molecule has 37 heavy (non-hydrogen) atoms. The lowest BCUT2D eigenvalue weighted by Crippen LogP contribution is -2.42. The van der Waals surface area contributed by atoms with E-state index in [9.17, 15) is 14.7 Å². The Bertz CT molecular complexity index is 1100. The molecule has 2 saturated heterocycles. The molecule has 0 saturated carbocycles. The minimum atomic E-state index is -0.704. The lowest BCUT2D eigenvalue weighted by Gasteiger charge is -2.31. The van der Waals surface area contributed by atoms with Crippen LogP contribution in [-0.4, -0.2) is 78.7 Å². The average molecular weight is 509 g/mol. The number of benzene rings is 2. The molecule has 0 radical (unpaired) electrons. The van der Waals surface area contributed by atoms with Crippen LogP contribution in [-0.2, 0) is 14.3 Å². The average Bonchev–Trinajstić information content (AvgIpc) is 3.16. The van der Waals surface area contributed by atoms with E-state index < -0.39 is 17.7 Å². The first-order valence-electron chi connectivity index (χ1n) is 13.0. The van der Waals surface area contributed by atoms with E-state index in [2.05, 4.69) is 4.90 Å². The summed E-state index contributed by atoms with van der Waals surface area (Å²) in [5, 5.41) is 11.3. The Morgan fingerprint density at radius 3 is 2.27 bits per heavy atom. The molecule has 2 heterocycles. The van der Waals surface area contributed by atoms with Gasteiger partial charge in [0.05, 0.1) is 37.5 Å². The molecular weight excluding hydrogens is 472 g/mol. The van der Waals surface area contributed by atoms with Crippen LogP contribution in [0.2, 0.25) is 0 Å². The quantitative estimate of drug-likeness (QED) is 0.295. The zero-order chi connectivity index (χ0) is 26.4. The van der Waals surface area contributed by atoms with Crippen molar-refractivity contribution in [3.05, 3.63) is 65.2 Å². The number of carbonyl (C=O) groups excluding carboxylic acids is 2. The summed E-state index contributed by atoms with van der Waals surface area (Å²) in [5.74, 6) is -0.0985. The molecule has 198 valence electrons. The summed E-state index contributed by atoms with van der Waals surface area (Å²) in [6.07, 6.45) is 0.908. The number of nitrogens with zero attached hydrogens (tertiary/aromatic N) is 2. The van der Waals surface area contributed by atoms with Crippen molar-refractivity contribution in [1.29, 1.82) is 0 Å². The molecule has 2 aliphatic heterocycles. The van der Waals surface area contributed by atoms with Gasteiger partial charge in [-0.3, -0.25) is 14.5 Å². The number of aliphatic hydroxyl groups is 1. The van der Waals surface area contributed by atoms with Gasteiger partial charge >= 0.3 is 0 Å². The SMILES string of the molecule is CCCOc1ccc(/C(O)=C2\C(=O)C(=O)N(CCN3CCOCC3)[C@H]2c2ccc(OC(C)C)cc2)cc1. The summed E-state index contributed by atoms with van der Waals surface area (Å²) >= 11 is 0. The Hall–Kier alpha value is -3.36. The van der Waals surface area contributed by atoms with E-state index in [1.54, 1.807) is 29.2 Å². The van der Waals surface area contributed by atoms with Crippen molar-refractivity contribution >= 4 is 17.4 Å². The van der Waals surface area contributed by atoms with Crippen molar-refractivity contribution in [2.24, 2.45) is 0 Å². The van der Waals surface area contributed by atoms with Gasteiger partial charge in [0.1, 0.15) is 17.3 Å². The number of hydrogen-bond acceptors (Lipinski definition) is 7. The van der Waals surface area contributed by atoms with E-state index >= 15 is 0 Å². The molecule has 2 aliphatic rings. The number of hydrogen-bond donors (Lipinski definition) is 1. The van der Waals surface area contributed by atoms with Crippen LogP contribution in [0.1, 0.15) is 44.4 Å². The first kappa shape index (κ1) is 26.7. The molecule has 2 aromatic carbocycles. The third-order valence-electron chi connectivity index (χ3n) is 6.47. The summed E-state index contributed by atoms with van der Waals surface area (Å²) in [7, 11) is 0. The van der Waals surface area contributed by atoms with E-state index in [0.29, 0.717) is 50.0 Å². The Morgan fingerprint density at radius 1 is 1.00 bits per heavy atom. The van der Waals surface area contributed by atoms with Crippen molar-refractivity contribution in [2.45, 2.75) is 39.3 Å². The van der Waals surface area contributed by atoms with Crippen LogP contribution < -0.4 is 9.47 Å². The first-order valence-corrected chi connectivity index (χ1v) is 13.0. The molecule has 1 amide bonds. The number of aliphatic hydroxyl groups excluding tert-OH is 1. The number of ether oxygens (including phenoxy) is 3. The predicted octanol–water partition coefficient (Wildman–Crippen LogP) is 4.02. The standard InChI is InChI=1S/C29H36N2O6/c1-4-17-36-23-9-7-22(8-10-23)27(32)25-26(21-5-11-24(12-6-21)37-20(2)3)31(29(34)28(25)33)14-13-30-15-18-35-19-16-30/h5-12,20,26,32H,4,13-19H2,1-3H3/b27-25+/t26-/m0/s1. The predicted molar refractivity (Wildman–Crippen MR) is 141 cm³/mol. The highest BCUT2D eigenvalue weighted by molar-refractivity contribution is 6.46. The van der Waals surface area contributed by atoms with E-state index in [4.69, 9.17) is 14.2 Å². The van der Waals surface area contributed by atoms with Crippen LogP contribution in [0.3, 0.4) is 0 Å². The van der Waals surface area contributed by atoms with Gasteiger partial charge in [-0.25, -0.2) is 0 Å². The summed E-state index contributed by atoms with van der Waals surface area (Å²) in [4.78, 5) is 30.3. The summed E-state index contributed by atoms with van der Waals surface area (Å²) < 4.78 is 16.8. The summed E-state index contributed by atoms with van der Waals surface area (Å²) in [5.41, 5.74) is 1.29. The molecule has 4 rings (SSSR count). The number of carbonyl (C=O) groups is 2. The fourth-order valence-electron chi connectivity index (χ4n) is 4.62. The van der Waals surface area contributed by atoms with Gasteiger partial charge in [0, 0.05) is 31.7 Å². The summed E-state index contributed by atoms with van der Waals surface area (Å²) in [6.45, 7) is 10.4. The van der Waals surface area contributed by atoms with E-state index in [0.717, 1.165) is 25.1 Å². The third kappa shape index (κ3) is 6.32. The number of amides is 1. The van der Waals surface area contributed by atoms with Crippen molar-refractivity contribution in [2.75, 3.05) is 46.0 Å². The van der Waals surface area contributed by atoms with Gasteiger partial charge in [0.15, 0.2) is 0 Å². The second-order valence-electron chi connectivity index (χ2n) is 9.55. The second-order valence-corrected chi connectivity index (χ2v) is 9.55. The lowest BCUT2D eigenvalue weighted by molar-refractivity contribution is -0.140. The van der Waals surface area contributed by atoms with Gasteiger partial charge < -0.3 is 24.2 Å². The van der Waals surface area contributed by atoms with Crippen LogP contribution >= 0.6 is 0 Å². The minimum absolute atomic E-state index is 0.0225. The molecule has 1 N–H and O–H groups in total. The van der Waals surface area contributed by atoms with Crippen molar-refractivity contribution in [1.82, 2.24) is 9.80 Å². The number of likely N-dealkylation sites (tertiary alicyclic amines) is 1. The Morgan fingerprint density at radius 2 is 1.65 bits per heavy atom. The number of rotatable bonds is 10. The van der Waals surface area contributed by atoms with E-state index in [-0.39, 0.29) is 17.4 Å². The maximum Gasteiger partial charge on any atom is 0.295 e. The van der Waals surface area contributed by atoms with Crippen LogP contribution in [0.25, 0.3) is 5.76 Å². The molecule has 0 bridgehead atoms. The first-order chi connectivity index (χ1) is 17.9. The zero-order valence-electron chi connectivity index (χ0n) is 21.8. The van der Waals surface area contributed by atoms with E-state index in [1.807, 2.05) is 45.0 Å². The number of ketones is 1. The van der Waals surface area contributed by atoms with Crippen LogP contribution in [0.15, 0.2) is 54.1 Å². The lowest BCUT2D eigenvalue weighted by atomic mass is 9.95.